The SMILES string of the molecule is C[C@@H](C(=O)NCc1ccccc1)N(C)CC(=O)Nc1cccc2ccccc12. The van der Waals surface area contributed by atoms with Crippen LogP contribution in [-0.2, 0) is 16.1 Å². The van der Waals surface area contributed by atoms with Crippen LogP contribution in [0.4, 0.5) is 5.69 Å². The molecule has 144 valence electrons. The van der Waals surface area contributed by atoms with E-state index in [0.29, 0.717) is 6.54 Å². The van der Waals surface area contributed by atoms with Crippen molar-refractivity contribution in [3.05, 3.63) is 78.4 Å². The first-order valence-corrected chi connectivity index (χ1v) is 9.34. The van der Waals surface area contributed by atoms with Gasteiger partial charge in [-0.1, -0.05) is 66.7 Å². The minimum absolute atomic E-state index is 0.107. The van der Waals surface area contributed by atoms with Crippen molar-refractivity contribution in [3.63, 3.8) is 0 Å². The summed E-state index contributed by atoms with van der Waals surface area (Å²) in [7, 11) is 1.77. The summed E-state index contributed by atoms with van der Waals surface area (Å²) < 4.78 is 0. The molecule has 0 spiro atoms. The zero-order valence-electron chi connectivity index (χ0n) is 16.2. The molecule has 0 unspecified atom stereocenters. The Morgan fingerprint density at radius 2 is 1.61 bits per heavy atom. The van der Waals surface area contributed by atoms with Gasteiger partial charge in [-0.25, -0.2) is 0 Å². The molecule has 0 aliphatic heterocycles. The number of hydrogen-bond donors (Lipinski definition) is 2. The van der Waals surface area contributed by atoms with E-state index in [1.54, 1.807) is 18.9 Å². The Bertz CT molecular complexity index is 951. The maximum atomic E-state index is 12.5. The van der Waals surface area contributed by atoms with E-state index >= 15 is 0 Å². The summed E-state index contributed by atoms with van der Waals surface area (Å²) in [4.78, 5) is 26.6. The number of likely N-dealkylation sites (N-methyl/N-ethyl adjacent to an activating group) is 1. The van der Waals surface area contributed by atoms with Crippen molar-refractivity contribution in [2.75, 3.05) is 18.9 Å². The quantitative estimate of drug-likeness (QED) is 0.665. The van der Waals surface area contributed by atoms with Crippen molar-refractivity contribution >= 4 is 28.3 Å². The highest BCUT2D eigenvalue weighted by Crippen LogP contribution is 2.22. The summed E-state index contributed by atoms with van der Waals surface area (Å²) in [6, 6.07) is 23.1. The molecule has 0 aliphatic rings. The molecule has 0 aliphatic carbocycles. The Morgan fingerprint density at radius 1 is 0.929 bits per heavy atom. The van der Waals surface area contributed by atoms with Gasteiger partial charge in [-0.15, -0.1) is 0 Å². The summed E-state index contributed by atoms with van der Waals surface area (Å²) in [5, 5.41) is 7.94. The van der Waals surface area contributed by atoms with Crippen molar-refractivity contribution in [1.82, 2.24) is 10.2 Å². The van der Waals surface area contributed by atoms with Gasteiger partial charge in [-0.2, -0.15) is 0 Å². The molecule has 2 N–H and O–H groups in total. The van der Waals surface area contributed by atoms with Crippen LogP contribution in [0.2, 0.25) is 0 Å². The van der Waals surface area contributed by atoms with Crippen LogP contribution in [-0.4, -0.2) is 36.3 Å². The number of nitrogens with zero attached hydrogens (tertiary/aromatic N) is 1. The Morgan fingerprint density at radius 3 is 2.39 bits per heavy atom. The van der Waals surface area contributed by atoms with E-state index in [1.165, 1.54) is 0 Å². The highest BCUT2D eigenvalue weighted by atomic mass is 16.2. The van der Waals surface area contributed by atoms with Crippen LogP contribution >= 0.6 is 0 Å². The van der Waals surface area contributed by atoms with E-state index in [9.17, 15) is 9.59 Å². The lowest BCUT2D eigenvalue weighted by Crippen LogP contribution is -2.45. The first-order valence-electron chi connectivity index (χ1n) is 9.34. The fourth-order valence-corrected chi connectivity index (χ4v) is 3.02. The molecule has 3 aromatic carbocycles. The molecule has 0 saturated carbocycles. The zero-order valence-corrected chi connectivity index (χ0v) is 16.2. The summed E-state index contributed by atoms with van der Waals surface area (Å²) >= 11 is 0. The molecule has 2 amide bonds. The Labute approximate surface area is 165 Å². The standard InChI is InChI=1S/C23H25N3O2/c1-17(23(28)24-15-18-9-4-3-5-10-18)26(2)16-22(27)25-21-14-8-12-19-11-6-7-13-20(19)21/h3-14,17H,15-16H2,1-2H3,(H,24,28)(H,25,27)/t17-/m0/s1. The number of anilines is 1. The molecular formula is C23H25N3O2. The lowest BCUT2D eigenvalue weighted by Gasteiger charge is -2.23. The average Bonchev–Trinajstić information content (AvgIpc) is 2.72. The van der Waals surface area contributed by atoms with E-state index in [1.807, 2.05) is 72.8 Å². The second kappa shape index (κ2) is 9.15. The monoisotopic (exact) mass is 375 g/mol. The predicted octanol–water partition coefficient (Wildman–Crippen LogP) is 3.42. The number of carbonyl (C=O) groups excluding carboxylic acids is 2. The highest BCUT2D eigenvalue weighted by Gasteiger charge is 2.20. The number of hydrogen-bond acceptors (Lipinski definition) is 3. The fraction of sp³-hybridized carbons (Fsp3) is 0.217. The first-order chi connectivity index (χ1) is 13.5. The summed E-state index contributed by atoms with van der Waals surface area (Å²) in [6.07, 6.45) is 0. The van der Waals surface area contributed by atoms with Crippen LogP contribution < -0.4 is 10.6 Å². The lowest BCUT2D eigenvalue weighted by atomic mass is 10.1. The van der Waals surface area contributed by atoms with Crippen LogP contribution in [0.15, 0.2) is 72.8 Å². The maximum absolute atomic E-state index is 12.5. The van der Waals surface area contributed by atoms with Gasteiger partial charge in [0.1, 0.15) is 0 Å². The third-order valence-corrected chi connectivity index (χ3v) is 4.81. The van der Waals surface area contributed by atoms with E-state index in [4.69, 9.17) is 0 Å². The number of amides is 2. The fourth-order valence-electron chi connectivity index (χ4n) is 3.02. The molecule has 0 saturated heterocycles. The number of fused-ring (bicyclic) bond motifs is 1. The van der Waals surface area contributed by atoms with Crippen molar-refractivity contribution in [2.45, 2.75) is 19.5 Å². The molecule has 28 heavy (non-hydrogen) atoms. The first kappa shape index (κ1) is 19.6. The number of benzene rings is 3. The number of rotatable bonds is 7. The maximum Gasteiger partial charge on any atom is 0.238 e. The molecule has 5 heteroatoms. The van der Waals surface area contributed by atoms with Gasteiger partial charge >= 0.3 is 0 Å². The third-order valence-electron chi connectivity index (χ3n) is 4.81. The van der Waals surface area contributed by atoms with Gasteiger partial charge in [0.05, 0.1) is 12.6 Å². The van der Waals surface area contributed by atoms with Crippen molar-refractivity contribution in [3.8, 4) is 0 Å². The Kier molecular flexibility index (Phi) is 6.40. The average molecular weight is 375 g/mol. The Balaban J connectivity index is 1.55. The van der Waals surface area contributed by atoms with E-state index < -0.39 is 6.04 Å². The summed E-state index contributed by atoms with van der Waals surface area (Å²) in [5.74, 6) is -0.258. The van der Waals surface area contributed by atoms with E-state index in [2.05, 4.69) is 10.6 Å². The molecule has 3 rings (SSSR count). The molecule has 1 atom stereocenters. The molecule has 0 radical (unpaired) electrons. The van der Waals surface area contributed by atoms with E-state index in [0.717, 1.165) is 22.0 Å². The second-order valence-corrected chi connectivity index (χ2v) is 6.87. The number of carbonyl (C=O) groups is 2. The van der Waals surface area contributed by atoms with Gasteiger partial charge in [-0.3, -0.25) is 14.5 Å². The molecule has 0 aromatic heterocycles. The van der Waals surface area contributed by atoms with Crippen LogP contribution in [0.1, 0.15) is 12.5 Å². The Hall–Kier alpha value is -3.18. The van der Waals surface area contributed by atoms with Crippen LogP contribution in [0.5, 0.6) is 0 Å². The van der Waals surface area contributed by atoms with Gasteiger partial charge in [-0.05, 0) is 31.0 Å². The predicted molar refractivity (Wildman–Crippen MR) is 113 cm³/mol. The smallest absolute Gasteiger partial charge is 0.238 e. The van der Waals surface area contributed by atoms with Gasteiger partial charge in [0.2, 0.25) is 11.8 Å². The lowest BCUT2D eigenvalue weighted by molar-refractivity contribution is -0.126. The minimum atomic E-state index is -0.415. The normalized spacial score (nSPS) is 12.0. The molecule has 5 nitrogen and oxygen atoms in total. The van der Waals surface area contributed by atoms with Crippen molar-refractivity contribution in [1.29, 1.82) is 0 Å². The van der Waals surface area contributed by atoms with Crippen LogP contribution in [0.25, 0.3) is 10.8 Å². The topological polar surface area (TPSA) is 61.4 Å². The minimum Gasteiger partial charge on any atom is -0.351 e. The summed E-state index contributed by atoms with van der Waals surface area (Å²) in [6.45, 7) is 2.40. The zero-order chi connectivity index (χ0) is 19.9. The molecule has 0 fully saturated rings. The van der Waals surface area contributed by atoms with Gasteiger partial charge < -0.3 is 10.6 Å². The summed E-state index contributed by atoms with van der Waals surface area (Å²) in [5.41, 5.74) is 1.82. The van der Waals surface area contributed by atoms with Crippen molar-refractivity contribution in [2.24, 2.45) is 0 Å². The molecule has 3 aromatic rings. The van der Waals surface area contributed by atoms with E-state index in [-0.39, 0.29) is 18.4 Å². The van der Waals surface area contributed by atoms with Gasteiger partial charge in [0, 0.05) is 17.6 Å². The highest BCUT2D eigenvalue weighted by molar-refractivity contribution is 6.02. The largest absolute Gasteiger partial charge is 0.351 e. The van der Waals surface area contributed by atoms with Gasteiger partial charge in [0.25, 0.3) is 0 Å². The van der Waals surface area contributed by atoms with Gasteiger partial charge in [0.15, 0.2) is 0 Å². The molecular weight excluding hydrogens is 350 g/mol. The third kappa shape index (κ3) is 4.96. The number of nitrogens with one attached hydrogen (secondary N) is 2. The molecule has 0 bridgehead atoms. The molecule has 0 heterocycles. The van der Waals surface area contributed by atoms with Crippen molar-refractivity contribution < 1.29 is 9.59 Å². The second-order valence-electron chi connectivity index (χ2n) is 6.87. The van der Waals surface area contributed by atoms with Crippen LogP contribution in [0.3, 0.4) is 0 Å². The van der Waals surface area contributed by atoms with Crippen LogP contribution in [0, 0.1) is 0 Å².